The lowest BCUT2D eigenvalue weighted by atomic mass is 10.0. The molecule has 64 valence electrons. The van der Waals surface area contributed by atoms with Crippen molar-refractivity contribution in [3.8, 4) is 0 Å². The third kappa shape index (κ3) is 1.10. The summed E-state index contributed by atoms with van der Waals surface area (Å²) in [5.41, 5.74) is 6.80. The van der Waals surface area contributed by atoms with Gasteiger partial charge in [0.15, 0.2) is 5.65 Å². The normalized spacial score (nSPS) is 10.5. The molecule has 0 amide bonds. The fourth-order valence-corrected chi connectivity index (χ4v) is 1.13. The van der Waals surface area contributed by atoms with E-state index in [0.717, 1.165) is 0 Å². The SMILES string of the molecule is [B]c1cnn2c(N)cc(NC)nc12. The van der Waals surface area contributed by atoms with Crippen molar-refractivity contribution in [2.45, 2.75) is 0 Å². The minimum atomic E-state index is 0.506. The van der Waals surface area contributed by atoms with Crippen molar-refractivity contribution < 1.29 is 0 Å². The molecule has 3 N–H and O–H groups in total. The Kier molecular flexibility index (Phi) is 1.61. The molecule has 5 nitrogen and oxygen atoms in total. The van der Waals surface area contributed by atoms with E-state index in [-0.39, 0.29) is 0 Å². The summed E-state index contributed by atoms with van der Waals surface area (Å²) in [6.07, 6.45) is 1.53. The quantitative estimate of drug-likeness (QED) is 0.551. The first-order valence-electron chi connectivity index (χ1n) is 3.80. The van der Waals surface area contributed by atoms with E-state index in [0.29, 0.717) is 22.7 Å². The molecule has 2 rings (SSSR count). The summed E-state index contributed by atoms with van der Waals surface area (Å²) in [6.45, 7) is 0. The monoisotopic (exact) mass is 173 g/mol. The number of nitrogens with one attached hydrogen (secondary N) is 1. The molecule has 2 aromatic heterocycles. The molecule has 0 unspecified atom stereocenters. The Morgan fingerprint density at radius 2 is 2.38 bits per heavy atom. The van der Waals surface area contributed by atoms with Crippen LogP contribution in [0.3, 0.4) is 0 Å². The molecule has 0 aliphatic heterocycles. The maximum absolute atomic E-state index is 5.71. The van der Waals surface area contributed by atoms with E-state index in [4.69, 9.17) is 13.6 Å². The van der Waals surface area contributed by atoms with E-state index in [1.165, 1.54) is 10.7 Å². The second-order valence-corrected chi connectivity index (χ2v) is 2.65. The fraction of sp³-hybridized carbons (Fsp3) is 0.143. The molecular weight excluding hydrogens is 165 g/mol. The summed E-state index contributed by atoms with van der Waals surface area (Å²) in [5, 5.41) is 6.86. The largest absolute Gasteiger partial charge is 0.383 e. The van der Waals surface area contributed by atoms with Crippen molar-refractivity contribution >= 4 is 30.6 Å². The van der Waals surface area contributed by atoms with Crippen molar-refractivity contribution in [3.05, 3.63) is 12.3 Å². The van der Waals surface area contributed by atoms with Crippen molar-refractivity contribution in [1.82, 2.24) is 14.6 Å². The van der Waals surface area contributed by atoms with Gasteiger partial charge in [0.25, 0.3) is 0 Å². The Hall–Kier alpha value is -1.72. The van der Waals surface area contributed by atoms with Gasteiger partial charge in [-0.15, -0.1) is 0 Å². The van der Waals surface area contributed by atoms with Crippen molar-refractivity contribution in [3.63, 3.8) is 0 Å². The molecule has 2 aromatic rings. The standard InChI is InChI=1S/C7H8BN5/c1-10-6-2-5(9)13-7(12-6)4(8)3-11-13/h2-3H,9H2,1H3,(H,10,12). The average molecular weight is 173 g/mol. The van der Waals surface area contributed by atoms with E-state index in [1.807, 2.05) is 0 Å². The lowest BCUT2D eigenvalue weighted by molar-refractivity contribution is 0.953. The van der Waals surface area contributed by atoms with Crippen LogP contribution < -0.4 is 16.5 Å². The average Bonchev–Trinajstić information content (AvgIpc) is 2.48. The van der Waals surface area contributed by atoms with Crippen LogP contribution >= 0.6 is 0 Å². The first kappa shape index (κ1) is 7.91. The topological polar surface area (TPSA) is 68.2 Å². The summed E-state index contributed by atoms with van der Waals surface area (Å²) < 4.78 is 1.50. The van der Waals surface area contributed by atoms with Crippen LogP contribution in [0, 0.1) is 0 Å². The van der Waals surface area contributed by atoms with Gasteiger partial charge in [-0.05, 0) is 5.46 Å². The van der Waals surface area contributed by atoms with Gasteiger partial charge < -0.3 is 11.1 Å². The molecule has 0 atom stereocenters. The van der Waals surface area contributed by atoms with Gasteiger partial charge in [0.05, 0.1) is 0 Å². The Morgan fingerprint density at radius 1 is 1.62 bits per heavy atom. The first-order valence-corrected chi connectivity index (χ1v) is 3.80. The molecular formula is C7H8BN5. The number of nitrogens with zero attached hydrogens (tertiary/aromatic N) is 3. The molecule has 0 aliphatic carbocycles. The number of fused-ring (bicyclic) bond motifs is 1. The van der Waals surface area contributed by atoms with Crippen molar-refractivity contribution in [2.75, 3.05) is 18.1 Å². The molecule has 0 fully saturated rings. The Balaban J connectivity index is 2.80. The van der Waals surface area contributed by atoms with Crippen LogP contribution in [0.1, 0.15) is 0 Å². The van der Waals surface area contributed by atoms with Crippen LogP contribution in [0.2, 0.25) is 0 Å². The molecule has 0 bridgehead atoms. The predicted octanol–water partition coefficient (Wildman–Crippen LogP) is -0.853. The highest BCUT2D eigenvalue weighted by Crippen LogP contribution is 2.10. The summed E-state index contributed by atoms with van der Waals surface area (Å²) in [7, 11) is 7.41. The molecule has 13 heavy (non-hydrogen) atoms. The third-order valence-corrected chi connectivity index (χ3v) is 1.78. The van der Waals surface area contributed by atoms with E-state index in [2.05, 4.69) is 15.4 Å². The summed E-state index contributed by atoms with van der Waals surface area (Å²) in [6, 6.07) is 1.69. The van der Waals surface area contributed by atoms with Gasteiger partial charge in [0, 0.05) is 19.3 Å². The fourth-order valence-electron chi connectivity index (χ4n) is 1.13. The number of nitrogens with two attached hydrogens (primary N) is 1. The Bertz CT molecular complexity index is 449. The Morgan fingerprint density at radius 3 is 3.08 bits per heavy atom. The smallest absolute Gasteiger partial charge is 0.152 e. The number of hydrogen-bond donors (Lipinski definition) is 2. The molecule has 6 heteroatoms. The highest BCUT2D eigenvalue weighted by molar-refractivity contribution is 6.36. The van der Waals surface area contributed by atoms with Crippen molar-refractivity contribution in [1.29, 1.82) is 0 Å². The van der Waals surface area contributed by atoms with E-state index in [1.54, 1.807) is 13.1 Å². The zero-order valence-electron chi connectivity index (χ0n) is 7.15. The summed E-state index contributed by atoms with van der Waals surface area (Å²) in [5.74, 6) is 1.18. The minimum absolute atomic E-state index is 0.506. The van der Waals surface area contributed by atoms with Gasteiger partial charge in [-0.25, -0.2) is 9.50 Å². The van der Waals surface area contributed by atoms with Gasteiger partial charge in [0.1, 0.15) is 19.5 Å². The molecule has 0 aliphatic rings. The predicted molar refractivity (Wildman–Crippen MR) is 52.3 cm³/mol. The second-order valence-electron chi connectivity index (χ2n) is 2.65. The maximum Gasteiger partial charge on any atom is 0.152 e. The van der Waals surface area contributed by atoms with Crippen LogP contribution in [0.25, 0.3) is 5.65 Å². The van der Waals surface area contributed by atoms with E-state index >= 15 is 0 Å². The maximum atomic E-state index is 5.71. The zero-order chi connectivity index (χ0) is 9.42. The van der Waals surface area contributed by atoms with Crippen LogP contribution in [0.4, 0.5) is 11.6 Å². The number of anilines is 2. The second kappa shape index (κ2) is 2.65. The molecule has 0 spiro atoms. The number of rotatable bonds is 1. The minimum Gasteiger partial charge on any atom is -0.383 e. The summed E-state index contributed by atoms with van der Waals surface area (Å²) in [4.78, 5) is 4.20. The van der Waals surface area contributed by atoms with Gasteiger partial charge in [-0.3, -0.25) is 0 Å². The lowest BCUT2D eigenvalue weighted by Crippen LogP contribution is -2.07. The molecule has 0 aromatic carbocycles. The Labute approximate surface area is 76.4 Å². The van der Waals surface area contributed by atoms with Gasteiger partial charge in [0.2, 0.25) is 0 Å². The zero-order valence-corrected chi connectivity index (χ0v) is 7.15. The van der Waals surface area contributed by atoms with Crippen LogP contribution in [-0.2, 0) is 0 Å². The van der Waals surface area contributed by atoms with E-state index in [9.17, 15) is 0 Å². The van der Waals surface area contributed by atoms with Gasteiger partial charge >= 0.3 is 0 Å². The van der Waals surface area contributed by atoms with Gasteiger partial charge in [-0.1, -0.05) is 0 Å². The third-order valence-electron chi connectivity index (χ3n) is 1.78. The number of nitrogen functional groups attached to an aromatic ring is 1. The lowest BCUT2D eigenvalue weighted by Gasteiger charge is -2.03. The van der Waals surface area contributed by atoms with Crippen molar-refractivity contribution in [2.24, 2.45) is 0 Å². The molecule has 0 saturated carbocycles. The number of hydrogen-bond acceptors (Lipinski definition) is 4. The summed E-state index contributed by atoms with van der Waals surface area (Å²) >= 11 is 0. The molecule has 2 heterocycles. The molecule has 2 radical (unpaired) electrons. The van der Waals surface area contributed by atoms with Crippen LogP contribution in [-0.4, -0.2) is 29.5 Å². The first-order chi connectivity index (χ1) is 6.22. The van der Waals surface area contributed by atoms with Crippen LogP contribution in [0.15, 0.2) is 12.3 Å². The van der Waals surface area contributed by atoms with E-state index < -0.39 is 0 Å². The molecule has 0 saturated heterocycles. The van der Waals surface area contributed by atoms with Gasteiger partial charge in [-0.2, -0.15) is 5.10 Å². The van der Waals surface area contributed by atoms with Crippen LogP contribution in [0.5, 0.6) is 0 Å². The number of aromatic nitrogens is 3. The highest BCUT2D eigenvalue weighted by atomic mass is 15.3. The highest BCUT2D eigenvalue weighted by Gasteiger charge is 2.04.